The van der Waals surface area contributed by atoms with Gasteiger partial charge in [0.25, 0.3) is 0 Å². The molecule has 1 unspecified atom stereocenters. The highest BCUT2D eigenvalue weighted by molar-refractivity contribution is 5.83. The van der Waals surface area contributed by atoms with Gasteiger partial charge in [0.1, 0.15) is 5.75 Å². The largest absolute Gasteiger partial charge is 0.497 e. The number of rotatable bonds is 7. The van der Waals surface area contributed by atoms with Crippen LogP contribution in [0.5, 0.6) is 5.75 Å². The van der Waals surface area contributed by atoms with Gasteiger partial charge >= 0.3 is 0 Å². The summed E-state index contributed by atoms with van der Waals surface area (Å²) in [4.78, 5) is 14.2. The van der Waals surface area contributed by atoms with Crippen molar-refractivity contribution in [1.29, 1.82) is 0 Å². The molecular weight excluding hydrogens is 252 g/mol. The molecule has 1 N–H and O–H groups in total. The molecule has 1 atom stereocenters. The second kappa shape index (κ2) is 7.29. The molecule has 2 rings (SSSR count). The highest BCUT2D eigenvalue weighted by atomic mass is 16.5. The van der Waals surface area contributed by atoms with Crippen molar-refractivity contribution in [2.24, 2.45) is 0 Å². The summed E-state index contributed by atoms with van der Waals surface area (Å²) in [5.41, 5.74) is 1.21. The van der Waals surface area contributed by atoms with E-state index in [1.807, 2.05) is 23.1 Å². The van der Waals surface area contributed by atoms with E-state index < -0.39 is 0 Å². The average Bonchev–Trinajstić information content (AvgIpc) is 2.83. The number of carbonyl (C=O) groups excluding carboxylic acids is 1. The van der Waals surface area contributed by atoms with E-state index in [1.165, 1.54) is 5.56 Å². The van der Waals surface area contributed by atoms with Crippen LogP contribution in [0.3, 0.4) is 0 Å². The van der Waals surface area contributed by atoms with Crippen molar-refractivity contribution in [3.05, 3.63) is 29.8 Å². The van der Waals surface area contributed by atoms with Crippen molar-refractivity contribution in [2.45, 2.75) is 32.2 Å². The smallest absolute Gasteiger partial charge is 0.239 e. The number of ether oxygens (including phenoxy) is 1. The Morgan fingerprint density at radius 3 is 3.05 bits per heavy atom. The monoisotopic (exact) mass is 276 g/mol. The predicted molar refractivity (Wildman–Crippen MR) is 80.0 cm³/mol. The Morgan fingerprint density at radius 1 is 1.45 bits per heavy atom. The fraction of sp³-hybridized carbons (Fsp3) is 0.562. The van der Waals surface area contributed by atoms with Crippen molar-refractivity contribution in [3.8, 4) is 5.75 Å². The molecule has 4 heteroatoms. The third-order valence-corrected chi connectivity index (χ3v) is 3.74. The molecule has 1 amide bonds. The standard InChI is InChI=1S/C16H24N2O2/c1-3-9-17-15-8-11-18(16(15)19)10-7-13-5-4-6-14(12-13)20-2/h4-6,12,15,17H,3,7-11H2,1-2H3. The number of nitrogens with one attached hydrogen (secondary N) is 1. The molecule has 1 heterocycles. The van der Waals surface area contributed by atoms with Gasteiger partial charge in [-0.25, -0.2) is 0 Å². The molecule has 0 bridgehead atoms. The molecule has 1 fully saturated rings. The molecule has 1 aliphatic rings. The zero-order valence-corrected chi connectivity index (χ0v) is 12.4. The van der Waals surface area contributed by atoms with Gasteiger partial charge in [0, 0.05) is 13.1 Å². The summed E-state index contributed by atoms with van der Waals surface area (Å²) in [6, 6.07) is 8.07. The molecule has 1 aromatic rings. The Labute approximate surface area is 121 Å². The molecule has 110 valence electrons. The van der Waals surface area contributed by atoms with Crippen LogP contribution in [0.15, 0.2) is 24.3 Å². The lowest BCUT2D eigenvalue weighted by atomic mass is 10.1. The van der Waals surface area contributed by atoms with E-state index in [9.17, 15) is 4.79 Å². The first kappa shape index (κ1) is 14.9. The highest BCUT2D eigenvalue weighted by Crippen LogP contribution is 2.15. The molecule has 0 spiro atoms. The zero-order valence-electron chi connectivity index (χ0n) is 12.4. The van der Waals surface area contributed by atoms with E-state index in [0.29, 0.717) is 0 Å². The molecular formula is C16H24N2O2. The lowest BCUT2D eigenvalue weighted by molar-refractivity contribution is -0.129. The molecule has 0 radical (unpaired) electrons. The fourth-order valence-corrected chi connectivity index (χ4v) is 2.56. The summed E-state index contributed by atoms with van der Waals surface area (Å²) in [5, 5.41) is 3.32. The topological polar surface area (TPSA) is 41.6 Å². The lowest BCUT2D eigenvalue weighted by Gasteiger charge is -2.17. The first-order valence-corrected chi connectivity index (χ1v) is 7.39. The van der Waals surface area contributed by atoms with E-state index in [1.54, 1.807) is 7.11 Å². The van der Waals surface area contributed by atoms with Crippen LogP contribution in [-0.4, -0.2) is 43.6 Å². The molecule has 0 aliphatic carbocycles. The van der Waals surface area contributed by atoms with Crippen molar-refractivity contribution < 1.29 is 9.53 Å². The van der Waals surface area contributed by atoms with Crippen LogP contribution >= 0.6 is 0 Å². The van der Waals surface area contributed by atoms with E-state index in [-0.39, 0.29) is 11.9 Å². The number of hydrogen-bond donors (Lipinski definition) is 1. The number of likely N-dealkylation sites (tertiary alicyclic amines) is 1. The van der Waals surface area contributed by atoms with Gasteiger partial charge in [0.05, 0.1) is 13.2 Å². The fourth-order valence-electron chi connectivity index (χ4n) is 2.56. The van der Waals surface area contributed by atoms with Crippen LogP contribution in [0.4, 0.5) is 0 Å². The Hall–Kier alpha value is -1.55. The predicted octanol–water partition coefficient (Wildman–Crippen LogP) is 1.84. The van der Waals surface area contributed by atoms with Gasteiger partial charge in [-0.2, -0.15) is 0 Å². The molecule has 1 saturated heterocycles. The maximum Gasteiger partial charge on any atom is 0.239 e. The van der Waals surface area contributed by atoms with Gasteiger partial charge in [-0.05, 0) is 43.5 Å². The number of carbonyl (C=O) groups is 1. The third kappa shape index (κ3) is 3.73. The van der Waals surface area contributed by atoms with Gasteiger partial charge in [-0.3, -0.25) is 4.79 Å². The Bertz CT molecular complexity index is 448. The number of nitrogens with zero attached hydrogens (tertiary/aromatic N) is 1. The average molecular weight is 276 g/mol. The maximum atomic E-state index is 12.2. The molecule has 0 saturated carbocycles. The minimum atomic E-state index is 0.0280. The Kier molecular flexibility index (Phi) is 5.41. The van der Waals surface area contributed by atoms with E-state index in [0.717, 1.165) is 44.6 Å². The number of benzene rings is 1. The quantitative estimate of drug-likeness (QED) is 0.826. The molecule has 4 nitrogen and oxygen atoms in total. The highest BCUT2D eigenvalue weighted by Gasteiger charge is 2.30. The van der Waals surface area contributed by atoms with Crippen molar-refractivity contribution >= 4 is 5.91 Å². The van der Waals surface area contributed by atoms with Crippen molar-refractivity contribution in [1.82, 2.24) is 10.2 Å². The summed E-state index contributed by atoms with van der Waals surface area (Å²) >= 11 is 0. The van der Waals surface area contributed by atoms with Gasteiger partial charge in [0.15, 0.2) is 0 Å². The van der Waals surface area contributed by atoms with Gasteiger partial charge in [-0.1, -0.05) is 19.1 Å². The Balaban J connectivity index is 1.83. The van der Waals surface area contributed by atoms with Gasteiger partial charge < -0.3 is 15.0 Å². The third-order valence-electron chi connectivity index (χ3n) is 3.74. The van der Waals surface area contributed by atoms with E-state index in [4.69, 9.17) is 4.74 Å². The first-order chi connectivity index (χ1) is 9.74. The summed E-state index contributed by atoms with van der Waals surface area (Å²) in [6.45, 7) is 4.69. The molecule has 20 heavy (non-hydrogen) atoms. The van der Waals surface area contributed by atoms with Crippen LogP contribution in [0, 0.1) is 0 Å². The van der Waals surface area contributed by atoms with Crippen LogP contribution in [0.2, 0.25) is 0 Å². The summed E-state index contributed by atoms with van der Waals surface area (Å²) in [6.07, 6.45) is 2.87. The van der Waals surface area contributed by atoms with Crippen LogP contribution < -0.4 is 10.1 Å². The minimum Gasteiger partial charge on any atom is -0.497 e. The lowest BCUT2D eigenvalue weighted by Crippen LogP contribution is -2.39. The van der Waals surface area contributed by atoms with Crippen LogP contribution in [0.1, 0.15) is 25.3 Å². The van der Waals surface area contributed by atoms with Crippen LogP contribution in [-0.2, 0) is 11.2 Å². The first-order valence-electron chi connectivity index (χ1n) is 7.39. The summed E-state index contributed by atoms with van der Waals surface area (Å²) < 4.78 is 5.22. The minimum absolute atomic E-state index is 0.0280. The normalized spacial score (nSPS) is 18.6. The summed E-state index contributed by atoms with van der Waals surface area (Å²) in [7, 11) is 1.67. The molecule has 1 aromatic carbocycles. The number of methoxy groups -OCH3 is 1. The van der Waals surface area contributed by atoms with Crippen molar-refractivity contribution in [3.63, 3.8) is 0 Å². The number of amides is 1. The van der Waals surface area contributed by atoms with Gasteiger partial charge in [0.2, 0.25) is 5.91 Å². The zero-order chi connectivity index (χ0) is 14.4. The SMILES string of the molecule is CCCNC1CCN(CCc2cccc(OC)c2)C1=O. The van der Waals surface area contributed by atoms with E-state index in [2.05, 4.69) is 18.3 Å². The Morgan fingerprint density at radius 2 is 2.30 bits per heavy atom. The van der Waals surface area contributed by atoms with Crippen LogP contribution in [0.25, 0.3) is 0 Å². The van der Waals surface area contributed by atoms with Crippen molar-refractivity contribution in [2.75, 3.05) is 26.7 Å². The second-order valence-electron chi connectivity index (χ2n) is 5.22. The summed E-state index contributed by atoms with van der Waals surface area (Å²) in [5.74, 6) is 1.12. The molecule has 0 aromatic heterocycles. The van der Waals surface area contributed by atoms with Gasteiger partial charge in [-0.15, -0.1) is 0 Å². The molecule has 1 aliphatic heterocycles. The maximum absolute atomic E-state index is 12.2. The second-order valence-corrected chi connectivity index (χ2v) is 5.22. The van der Waals surface area contributed by atoms with E-state index >= 15 is 0 Å². The number of hydrogen-bond acceptors (Lipinski definition) is 3.